The van der Waals surface area contributed by atoms with Crippen molar-refractivity contribution >= 4 is 56.4 Å². The van der Waals surface area contributed by atoms with Crippen molar-refractivity contribution in [2.24, 2.45) is 5.92 Å². The summed E-state index contributed by atoms with van der Waals surface area (Å²) in [6.45, 7) is 1.44. The Hall–Kier alpha value is -2.30. The molecule has 1 aliphatic heterocycles. The molecule has 6 nitrogen and oxygen atoms in total. The molecule has 0 spiro atoms. The van der Waals surface area contributed by atoms with E-state index < -0.39 is 45.2 Å². The summed E-state index contributed by atoms with van der Waals surface area (Å²) in [6.07, 6.45) is -4.64. The SMILES string of the molecule is CC1CS(=O)(=O)N(c2cc(C(=O)Nc3cc(C(F)(F)F)ccc3Cl)ccc2Cl)C1=O. The van der Waals surface area contributed by atoms with E-state index in [1.807, 2.05) is 0 Å². The van der Waals surface area contributed by atoms with Gasteiger partial charge in [0.1, 0.15) is 0 Å². The molecule has 1 fully saturated rings. The van der Waals surface area contributed by atoms with Gasteiger partial charge >= 0.3 is 6.18 Å². The summed E-state index contributed by atoms with van der Waals surface area (Å²) < 4.78 is 63.9. The number of amides is 2. The number of rotatable bonds is 3. The van der Waals surface area contributed by atoms with Crippen molar-refractivity contribution in [2.45, 2.75) is 13.1 Å². The number of benzene rings is 2. The number of hydrogen-bond donors (Lipinski definition) is 1. The molecule has 3 rings (SSSR count). The zero-order valence-electron chi connectivity index (χ0n) is 15.1. The van der Waals surface area contributed by atoms with E-state index in [1.165, 1.54) is 19.1 Å². The molecule has 1 unspecified atom stereocenters. The summed E-state index contributed by atoms with van der Waals surface area (Å²) in [6, 6.07) is 5.96. The average molecular weight is 481 g/mol. The molecule has 160 valence electrons. The summed E-state index contributed by atoms with van der Waals surface area (Å²) in [5.41, 5.74) is -1.65. The fraction of sp³-hybridized carbons (Fsp3) is 0.222. The van der Waals surface area contributed by atoms with Crippen LogP contribution >= 0.6 is 23.2 Å². The van der Waals surface area contributed by atoms with Crippen LogP contribution in [0, 0.1) is 5.92 Å². The van der Waals surface area contributed by atoms with Crippen LogP contribution in [0.4, 0.5) is 24.5 Å². The van der Waals surface area contributed by atoms with E-state index in [9.17, 15) is 31.2 Å². The molecule has 0 aliphatic carbocycles. The summed E-state index contributed by atoms with van der Waals surface area (Å²) in [5.74, 6) is -2.76. The summed E-state index contributed by atoms with van der Waals surface area (Å²) in [5, 5.41) is 2.03. The van der Waals surface area contributed by atoms with Gasteiger partial charge in [-0.2, -0.15) is 13.2 Å². The van der Waals surface area contributed by atoms with E-state index in [4.69, 9.17) is 23.2 Å². The molecular weight excluding hydrogens is 468 g/mol. The lowest BCUT2D eigenvalue weighted by molar-refractivity contribution is -0.137. The molecule has 2 aromatic carbocycles. The molecule has 1 heterocycles. The molecule has 30 heavy (non-hydrogen) atoms. The third-order valence-electron chi connectivity index (χ3n) is 4.33. The molecule has 0 bridgehead atoms. The Bertz CT molecular complexity index is 1150. The Morgan fingerprint density at radius 3 is 2.33 bits per heavy atom. The van der Waals surface area contributed by atoms with Gasteiger partial charge in [0.25, 0.3) is 5.91 Å². The lowest BCUT2D eigenvalue weighted by Crippen LogP contribution is -2.30. The van der Waals surface area contributed by atoms with Crippen LogP contribution in [-0.4, -0.2) is 26.0 Å². The Balaban J connectivity index is 1.96. The number of sulfonamides is 1. The van der Waals surface area contributed by atoms with Crippen LogP contribution in [-0.2, 0) is 21.0 Å². The van der Waals surface area contributed by atoms with E-state index >= 15 is 0 Å². The summed E-state index contributed by atoms with van der Waals surface area (Å²) in [4.78, 5) is 24.9. The molecule has 0 aromatic heterocycles. The van der Waals surface area contributed by atoms with Crippen LogP contribution < -0.4 is 9.62 Å². The van der Waals surface area contributed by atoms with Gasteiger partial charge in [-0.1, -0.05) is 30.1 Å². The second kappa shape index (κ2) is 7.75. The van der Waals surface area contributed by atoms with Crippen molar-refractivity contribution in [1.82, 2.24) is 0 Å². The first-order valence-electron chi connectivity index (χ1n) is 8.36. The van der Waals surface area contributed by atoms with E-state index in [1.54, 1.807) is 0 Å². The number of carbonyl (C=O) groups is 2. The molecule has 1 N–H and O–H groups in total. The Kier molecular flexibility index (Phi) is 5.78. The van der Waals surface area contributed by atoms with E-state index in [0.717, 1.165) is 18.2 Å². The highest BCUT2D eigenvalue weighted by atomic mass is 35.5. The second-order valence-electron chi connectivity index (χ2n) is 6.59. The number of hydrogen-bond acceptors (Lipinski definition) is 4. The summed E-state index contributed by atoms with van der Waals surface area (Å²) in [7, 11) is -3.97. The van der Waals surface area contributed by atoms with Crippen LogP contribution in [0.25, 0.3) is 0 Å². The largest absolute Gasteiger partial charge is 0.416 e. The fourth-order valence-corrected chi connectivity index (χ4v) is 5.11. The van der Waals surface area contributed by atoms with Crippen LogP contribution in [0.2, 0.25) is 10.0 Å². The Morgan fingerprint density at radius 2 is 1.77 bits per heavy atom. The van der Waals surface area contributed by atoms with Crippen LogP contribution in [0.15, 0.2) is 36.4 Å². The number of anilines is 2. The third kappa shape index (κ3) is 4.26. The number of nitrogens with zero attached hydrogens (tertiary/aromatic N) is 1. The van der Waals surface area contributed by atoms with Gasteiger partial charge in [0, 0.05) is 5.56 Å². The maximum Gasteiger partial charge on any atom is 0.416 e. The molecule has 2 aromatic rings. The number of alkyl halides is 3. The van der Waals surface area contributed by atoms with Crippen molar-refractivity contribution in [3.63, 3.8) is 0 Å². The number of halogens is 5. The zero-order chi connectivity index (χ0) is 22.4. The fourth-order valence-electron chi connectivity index (χ4n) is 2.87. The van der Waals surface area contributed by atoms with E-state index in [0.29, 0.717) is 10.4 Å². The van der Waals surface area contributed by atoms with Crippen LogP contribution in [0.1, 0.15) is 22.8 Å². The van der Waals surface area contributed by atoms with Gasteiger partial charge in [-0.3, -0.25) is 9.59 Å². The predicted molar refractivity (Wildman–Crippen MR) is 106 cm³/mol. The Morgan fingerprint density at radius 1 is 1.13 bits per heavy atom. The molecule has 1 atom stereocenters. The van der Waals surface area contributed by atoms with Crippen molar-refractivity contribution in [1.29, 1.82) is 0 Å². The first-order valence-corrected chi connectivity index (χ1v) is 10.7. The second-order valence-corrected chi connectivity index (χ2v) is 9.27. The van der Waals surface area contributed by atoms with Crippen molar-refractivity contribution in [3.05, 3.63) is 57.6 Å². The van der Waals surface area contributed by atoms with Gasteiger partial charge < -0.3 is 5.32 Å². The molecular formula is C18H13Cl2F3N2O4S. The molecule has 0 saturated carbocycles. The van der Waals surface area contributed by atoms with Crippen LogP contribution in [0.3, 0.4) is 0 Å². The minimum Gasteiger partial charge on any atom is -0.321 e. The highest BCUT2D eigenvalue weighted by molar-refractivity contribution is 7.94. The molecule has 12 heteroatoms. The first kappa shape index (κ1) is 22.4. The molecule has 0 radical (unpaired) electrons. The van der Waals surface area contributed by atoms with Gasteiger partial charge in [0.2, 0.25) is 15.9 Å². The quantitative estimate of drug-likeness (QED) is 0.696. The van der Waals surface area contributed by atoms with E-state index in [-0.39, 0.29) is 27.0 Å². The maximum absolute atomic E-state index is 12.9. The smallest absolute Gasteiger partial charge is 0.321 e. The highest BCUT2D eigenvalue weighted by Gasteiger charge is 2.43. The molecule has 1 saturated heterocycles. The molecule has 1 aliphatic rings. The van der Waals surface area contributed by atoms with Gasteiger partial charge in [-0.15, -0.1) is 0 Å². The molecule has 2 amide bonds. The average Bonchev–Trinajstić information content (AvgIpc) is 2.83. The normalized spacial score (nSPS) is 18.5. The van der Waals surface area contributed by atoms with E-state index in [2.05, 4.69) is 5.32 Å². The zero-order valence-corrected chi connectivity index (χ0v) is 17.5. The van der Waals surface area contributed by atoms with Gasteiger partial charge in [0.15, 0.2) is 0 Å². The Labute approximate surface area is 179 Å². The van der Waals surface area contributed by atoms with Gasteiger partial charge in [-0.05, 0) is 36.4 Å². The minimum atomic E-state index is -4.64. The number of carbonyl (C=O) groups excluding carboxylic acids is 2. The van der Waals surface area contributed by atoms with Crippen LogP contribution in [0.5, 0.6) is 0 Å². The minimum absolute atomic E-state index is 0.0883. The third-order valence-corrected chi connectivity index (χ3v) is 6.83. The van der Waals surface area contributed by atoms with Crippen molar-refractivity contribution in [3.8, 4) is 0 Å². The predicted octanol–water partition coefficient (Wildman–Crippen LogP) is 4.58. The topological polar surface area (TPSA) is 83.6 Å². The maximum atomic E-state index is 12.9. The van der Waals surface area contributed by atoms with Crippen molar-refractivity contribution < 1.29 is 31.2 Å². The standard InChI is InChI=1S/C18H13Cl2F3N2O4S/c1-9-8-30(28,29)25(17(9)27)15-6-10(2-4-13(15)20)16(26)24-14-7-11(18(21,22)23)3-5-12(14)19/h2-7,9H,8H2,1H3,(H,24,26). The lowest BCUT2D eigenvalue weighted by Gasteiger charge is -2.18. The lowest BCUT2D eigenvalue weighted by atomic mass is 10.1. The van der Waals surface area contributed by atoms with Gasteiger partial charge in [-0.25, -0.2) is 12.7 Å². The highest BCUT2D eigenvalue weighted by Crippen LogP contribution is 2.36. The monoisotopic (exact) mass is 480 g/mol. The number of nitrogens with one attached hydrogen (secondary N) is 1. The first-order chi connectivity index (χ1) is 13.8. The van der Waals surface area contributed by atoms with Crippen molar-refractivity contribution in [2.75, 3.05) is 15.4 Å². The van der Waals surface area contributed by atoms with Gasteiger partial charge in [0.05, 0.1) is 38.7 Å². The summed E-state index contributed by atoms with van der Waals surface area (Å²) >= 11 is 11.9.